The van der Waals surface area contributed by atoms with Crippen molar-refractivity contribution in [1.82, 2.24) is 0 Å². The minimum atomic E-state index is -0.282. The zero-order valence-corrected chi connectivity index (χ0v) is 10.1. The number of benzene rings is 1. The Hall–Kier alpha value is -1.61. The van der Waals surface area contributed by atoms with Gasteiger partial charge in [0.25, 0.3) is 0 Å². The van der Waals surface area contributed by atoms with Gasteiger partial charge in [0.2, 0.25) is 5.78 Å². The molecule has 0 aromatic heterocycles. The van der Waals surface area contributed by atoms with Crippen LogP contribution in [-0.4, -0.2) is 18.2 Å². The number of halogens is 1. The van der Waals surface area contributed by atoms with E-state index in [1.807, 2.05) is 6.92 Å². The topological polar surface area (TPSA) is 43.4 Å². The first-order chi connectivity index (χ1) is 8.13. The van der Waals surface area contributed by atoms with Crippen LogP contribution in [0, 0.1) is 0 Å². The van der Waals surface area contributed by atoms with Crippen LogP contribution in [0.2, 0.25) is 5.02 Å². The Morgan fingerprint density at radius 3 is 2.71 bits per heavy atom. The van der Waals surface area contributed by atoms with Crippen LogP contribution >= 0.6 is 11.6 Å². The van der Waals surface area contributed by atoms with Gasteiger partial charge in [-0.3, -0.25) is 9.59 Å². The zero-order chi connectivity index (χ0) is 12.4. The van der Waals surface area contributed by atoms with Crippen LogP contribution in [0.4, 0.5) is 0 Å². The number of hydrogen-bond donors (Lipinski definition) is 0. The van der Waals surface area contributed by atoms with E-state index in [2.05, 4.69) is 0 Å². The SMILES string of the molecule is CCCOC1=CC(=O)c2ccc(Cl)cc2C1=O. The van der Waals surface area contributed by atoms with E-state index in [1.54, 1.807) is 12.1 Å². The third-order valence-electron chi connectivity index (χ3n) is 2.44. The largest absolute Gasteiger partial charge is 0.489 e. The molecule has 2 rings (SSSR count). The summed E-state index contributed by atoms with van der Waals surface area (Å²) in [5.41, 5.74) is 0.694. The summed E-state index contributed by atoms with van der Waals surface area (Å²) in [5.74, 6) is -0.399. The molecule has 0 N–H and O–H groups in total. The third-order valence-corrected chi connectivity index (χ3v) is 2.67. The minimum Gasteiger partial charge on any atom is -0.489 e. The molecular weight excluding hydrogens is 240 g/mol. The third kappa shape index (κ3) is 2.24. The van der Waals surface area contributed by atoms with E-state index in [1.165, 1.54) is 12.1 Å². The van der Waals surface area contributed by atoms with Crippen LogP contribution in [0.15, 0.2) is 30.0 Å². The van der Waals surface area contributed by atoms with Crippen molar-refractivity contribution in [2.24, 2.45) is 0 Å². The highest BCUT2D eigenvalue weighted by molar-refractivity contribution is 6.32. The summed E-state index contributed by atoms with van der Waals surface area (Å²) in [4.78, 5) is 23.8. The first-order valence-electron chi connectivity index (χ1n) is 5.36. The zero-order valence-electron chi connectivity index (χ0n) is 9.33. The second-order valence-corrected chi connectivity index (χ2v) is 4.18. The molecule has 1 aromatic rings. The van der Waals surface area contributed by atoms with Crippen molar-refractivity contribution in [3.05, 3.63) is 46.2 Å². The molecule has 0 fully saturated rings. The monoisotopic (exact) mass is 250 g/mol. The predicted molar refractivity (Wildman–Crippen MR) is 64.4 cm³/mol. The van der Waals surface area contributed by atoms with Gasteiger partial charge < -0.3 is 4.74 Å². The molecule has 0 spiro atoms. The summed E-state index contributed by atoms with van der Waals surface area (Å²) in [6.07, 6.45) is 2.02. The maximum absolute atomic E-state index is 12.0. The molecular formula is C13H11ClO3. The van der Waals surface area contributed by atoms with Gasteiger partial charge in [0, 0.05) is 22.2 Å². The van der Waals surface area contributed by atoms with Gasteiger partial charge in [0.05, 0.1) is 6.61 Å². The molecule has 4 heteroatoms. The molecule has 0 saturated carbocycles. The Bertz CT molecular complexity index is 517. The standard InChI is InChI=1S/C13H11ClO3/c1-2-5-17-12-7-11(15)9-4-3-8(14)6-10(9)13(12)16/h3-4,6-7H,2,5H2,1H3. The first-order valence-corrected chi connectivity index (χ1v) is 5.74. The number of carbonyl (C=O) groups is 2. The molecule has 0 amide bonds. The summed E-state index contributed by atoms with van der Waals surface area (Å²) >= 11 is 5.82. The van der Waals surface area contributed by atoms with Crippen molar-refractivity contribution in [3.63, 3.8) is 0 Å². The van der Waals surface area contributed by atoms with Gasteiger partial charge in [-0.25, -0.2) is 0 Å². The number of allylic oxidation sites excluding steroid dienone is 2. The van der Waals surface area contributed by atoms with Crippen LogP contribution in [0.25, 0.3) is 0 Å². The van der Waals surface area contributed by atoms with Gasteiger partial charge in [-0.05, 0) is 24.6 Å². The maximum Gasteiger partial charge on any atom is 0.228 e. The molecule has 1 aliphatic rings. The predicted octanol–water partition coefficient (Wildman–Crippen LogP) is 3.03. The number of fused-ring (bicyclic) bond motifs is 1. The number of hydrogen-bond acceptors (Lipinski definition) is 3. The number of Topliss-reactive ketones (excluding diaryl/α,β-unsaturated/α-hetero) is 1. The van der Waals surface area contributed by atoms with Crippen molar-refractivity contribution in [3.8, 4) is 0 Å². The highest BCUT2D eigenvalue weighted by Gasteiger charge is 2.26. The summed E-state index contributed by atoms with van der Waals surface area (Å²) in [7, 11) is 0. The van der Waals surface area contributed by atoms with Crippen LogP contribution in [0.1, 0.15) is 34.1 Å². The molecule has 88 valence electrons. The maximum atomic E-state index is 12.0. The molecule has 3 nitrogen and oxygen atoms in total. The molecule has 0 unspecified atom stereocenters. The Labute approximate surface area is 104 Å². The van der Waals surface area contributed by atoms with Crippen LogP contribution < -0.4 is 0 Å². The highest BCUT2D eigenvalue weighted by Crippen LogP contribution is 2.24. The quantitative estimate of drug-likeness (QED) is 0.828. The molecule has 0 saturated heterocycles. The van der Waals surface area contributed by atoms with Gasteiger partial charge in [-0.1, -0.05) is 18.5 Å². The fraction of sp³-hybridized carbons (Fsp3) is 0.231. The fourth-order valence-electron chi connectivity index (χ4n) is 1.63. The number of ketones is 2. The normalized spacial score (nSPS) is 14.4. The average Bonchev–Trinajstić information content (AvgIpc) is 2.32. The number of ether oxygens (including phenoxy) is 1. The van der Waals surface area contributed by atoms with E-state index in [4.69, 9.17) is 16.3 Å². The highest BCUT2D eigenvalue weighted by atomic mass is 35.5. The van der Waals surface area contributed by atoms with Crippen LogP contribution in [-0.2, 0) is 4.74 Å². The lowest BCUT2D eigenvalue weighted by Gasteiger charge is -2.15. The molecule has 0 atom stereocenters. The van der Waals surface area contributed by atoms with Gasteiger partial charge in [-0.2, -0.15) is 0 Å². The number of carbonyl (C=O) groups excluding carboxylic acids is 2. The molecule has 0 heterocycles. The lowest BCUT2D eigenvalue weighted by molar-refractivity contribution is 0.0883. The van der Waals surface area contributed by atoms with Crippen molar-refractivity contribution >= 4 is 23.2 Å². The van der Waals surface area contributed by atoms with E-state index >= 15 is 0 Å². The van der Waals surface area contributed by atoms with E-state index in [0.717, 1.165) is 6.42 Å². The minimum absolute atomic E-state index is 0.103. The Morgan fingerprint density at radius 1 is 1.24 bits per heavy atom. The Balaban J connectivity index is 2.40. The molecule has 0 bridgehead atoms. The molecule has 17 heavy (non-hydrogen) atoms. The van der Waals surface area contributed by atoms with Gasteiger partial charge in [-0.15, -0.1) is 0 Å². The van der Waals surface area contributed by atoms with E-state index < -0.39 is 0 Å². The Morgan fingerprint density at radius 2 is 2.00 bits per heavy atom. The van der Waals surface area contributed by atoms with Crippen LogP contribution in [0.5, 0.6) is 0 Å². The van der Waals surface area contributed by atoms with Gasteiger partial charge >= 0.3 is 0 Å². The lowest BCUT2D eigenvalue weighted by atomic mass is 9.94. The smallest absolute Gasteiger partial charge is 0.228 e. The summed E-state index contributed by atoms with van der Waals surface area (Å²) < 4.78 is 5.26. The fourth-order valence-corrected chi connectivity index (χ4v) is 1.81. The molecule has 0 radical (unpaired) electrons. The van der Waals surface area contributed by atoms with Crippen molar-refractivity contribution in [1.29, 1.82) is 0 Å². The van der Waals surface area contributed by atoms with Gasteiger partial charge in [0.1, 0.15) is 0 Å². The van der Waals surface area contributed by atoms with Crippen molar-refractivity contribution in [2.45, 2.75) is 13.3 Å². The van der Waals surface area contributed by atoms with E-state index in [0.29, 0.717) is 22.8 Å². The summed E-state index contributed by atoms with van der Waals surface area (Å²) in [6, 6.07) is 4.65. The van der Waals surface area contributed by atoms with E-state index in [-0.39, 0.29) is 17.3 Å². The second-order valence-electron chi connectivity index (χ2n) is 3.74. The molecule has 0 aliphatic heterocycles. The molecule has 1 aromatic carbocycles. The second kappa shape index (κ2) is 4.72. The van der Waals surface area contributed by atoms with Gasteiger partial charge in [0.15, 0.2) is 11.5 Å². The van der Waals surface area contributed by atoms with E-state index in [9.17, 15) is 9.59 Å². The van der Waals surface area contributed by atoms with Crippen molar-refractivity contribution < 1.29 is 14.3 Å². The average molecular weight is 251 g/mol. The Kier molecular flexibility index (Phi) is 3.29. The molecule has 1 aliphatic carbocycles. The summed E-state index contributed by atoms with van der Waals surface area (Å²) in [5, 5.41) is 0.432. The van der Waals surface area contributed by atoms with Crippen LogP contribution in [0.3, 0.4) is 0 Å². The lowest BCUT2D eigenvalue weighted by Crippen LogP contribution is -2.18. The van der Waals surface area contributed by atoms with Crippen molar-refractivity contribution in [2.75, 3.05) is 6.61 Å². The number of rotatable bonds is 3. The summed E-state index contributed by atoms with van der Waals surface area (Å²) in [6.45, 7) is 2.35. The first kappa shape index (κ1) is 11.9.